The third kappa shape index (κ3) is 8.05. The molecule has 0 aliphatic carbocycles. The van der Waals surface area contributed by atoms with Gasteiger partial charge in [-0.25, -0.2) is 0 Å². The van der Waals surface area contributed by atoms with Gasteiger partial charge in [0.15, 0.2) is 0 Å². The average molecular weight is 261 g/mol. The molecule has 1 aromatic rings. The van der Waals surface area contributed by atoms with Crippen molar-refractivity contribution in [2.75, 3.05) is 6.54 Å². The van der Waals surface area contributed by atoms with Crippen LogP contribution in [0.4, 0.5) is 0 Å². The summed E-state index contributed by atoms with van der Waals surface area (Å²) in [4.78, 5) is 0. The van der Waals surface area contributed by atoms with Gasteiger partial charge in [-0.2, -0.15) is 0 Å². The van der Waals surface area contributed by atoms with E-state index in [0.717, 1.165) is 19.5 Å². The highest BCUT2D eigenvalue weighted by atomic mass is 14.8. The van der Waals surface area contributed by atoms with Gasteiger partial charge in [0.2, 0.25) is 0 Å². The van der Waals surface area contributed by atoms with Crippen LogP contribution in [-0.2, 0) is 13.0 Å². The lowest BCUT2D eigenvalue weighted by Crippen LogP contribution is -2.14. The summed E-state index contributed by atoms with van der Waals surface area (Å²) in [5, 5.41) is 3.54. The molecule has 1 nitrogen and oxygen atoms in total. The molecule has 108 valence electrons. The number of nitrogens with one attached hydrogen (secondary N) is 1. The third-order valence-electron chi connectivity index (χ3n) is 3.72. The van der Waals surface area contributed by atoms with Gasteiger partial charge >= 0.3 is 0 Å². The Morgan fingerprint density at radius 1 is 0.737 bits per heavy atom. The Balaban J connectivity index is 1.95. The molecule has 0 aliphatic heterocycles. The zero-order valence-corrected chi connectivity index (χ0v) is 12.9. The van der Waals surface area contributed by atoms with Crippen molar-refractivity contribution in [2.24, 2.45) is 0 Å². The van der Waals surface area contributed by atoms with E-state index in [-0.39, 0.29) is 0 Å². The van der Waals surface area contributed by atoms with Gasteiger partial charge in [0.05, 0.1) is 0 Å². The fourth-order valence-electron chi connectivity index (χ4n) is 2.33. The minimum Gasteiger partial charge on any atom is -0.313 e. The van der Waals surface area contributed by atoms with E-state index in [1.54, 1.807) is 0 Å². The van der Waals surface area contributed by atoms with Gasteiger partial charge in [-0.05, 0) is 30.5 Å². The molecule has 1 N–H and O–H groups in total. The zero-order chi connectivity index (χ0) is 13.8. The number of rotatable bonds is 11. The molecule has 19 heavy (non-hydrogen) atoms. The normalized spacial score (nSPS) is 10.8. The van der Waals surface area contributed by atoms with Crippen molar-refractivity contribution >= 4 is 0 Å². The van der Waals surface area contributed by atoms with E-state index >= 15 is 0 Å². The van der Waals surface area contributed by atoms with Crippen LogP contribution in [0.2, 0.25) is 0 Å². The SMILES string of the molecule is CCCCCCCCCNCc1ccc(CC)cc1. The lowest BCUT2D eigenvalue weighted by Gasteiger charge is -2.06. The molecule has 0 spiro atoms. The smallest absolute Gasteiger partial charge is 0.0205 e. The predicted octanol–water partition coefficient (Wildman–Crippen LogP) is 5.09. The summed E-state index contributed by atoms with van der Waals surface area (Å²) in [6.07, 6.45) is 10.8. The number of hydrogen-bond donors (Lipinski definition) is 1. The van der Waals surface area contributed by atoms with E-state index < -0.39 is 0 Å². The van der Waals surface area contributed by atoms with Crippen LogP contribution in [0.25, 0.3) is 0 Å². The second-order valence-corrected chi connectivity index (χ2v) is 5.47. The van der Waals surface area contributed by atoms with Crippen molar-refractivity contribution < 1.29 is 0 Å². The fourth-order valence-corrected chi connectivity index (χ4v) is 2.33. The van der Waals surface area contributed by atoms with E-state index in [2.05, 4.69) is 43.4 Å². The highest BCUT2D eigenvalue weighted by Crippen LogP contribution is 2.07. The van der Waals surface area contributed by atoms with Crippen LogP contribution in [0.15, 0.2) is 24.3 Å². The Morgan fingerprint density at radius 2 is 1.32 bits per heavy atom. The van der Waals surface area contributed by atoms with Crippen molar-refractivity contribution in [1.82, 2.24) is 5.32 Å². The van der Waals surface area contributed by atoms with Crippen LogP contribution in [0.3, 0.4) is 0 Å². The second-order valence-electron chi connectivity index (χ2n) is 5.47. The molecule has 1 rings (SSSR count). The van der Waals surface area contributed by atoms with E-state index in [4.69, 9.17) is 0 Å². The molecule has 0 bridgehead atoms. The molecule has 0 heterocycles. The summed E-state index contributed by atoms with van der Waals surface area (Å²) in [6, 6.07) is 8.97. The summed E-state index contributed by atoms with van der Waals surface area (Å²) in [5.41, 5.74) is 2.83. The maximum Gasteiger partial charge on any atom is 0.0205 e. The fraction of sp³-hybridized carbons (Fsp3) is 0.667. The molecular formula is C18H31N. The van der Waals surface area contributed by atoms with Gasteiger partial charge < -0.3 is 5.32 Å². The molecule has 1 heteroatoms. The first kappa shape index (κ1) is 16.2. The third-order valence-corrected chi connectivity index (χ3v) is 3.72. The van der Waals surface area contributed by atoms with Crippen LogP contribution in [0.5, 0.6) is 0 Å². The summed E-state index contributed by atoms with van der Waals surface area (Å²) in [5.74, 6) is 0. The highest BCUT2D eigenvalue weighted by molar-refractivity contribution is 5.22. The molecule has 0 saturated carbocycles. The molecule has 0 fully saturated rings. The van der Waals surface area contributed by atoms with Crippen LogP contribution in [0.1, 0.15) is 69.9 Å². The Hall–Kier alpha value is -0.820. The van der Waals surface area contributed by atoms with Gasteiger partial charge in [0.1, 0.15) is 0 Å². The van der Waals surface area contributed by atoms with E-state index in [1.165, 1.54) is 56.1 Å². The average Bonchev–Trinajstić information content (AvgIpc) is 2.46. The maximum absolute atomic E-state index is 3.54. The first-order valence-corrected chi connectivity index (χ1v) is 8.15. The number of unbranched alkanes of at least 4 members (excludes halogenated alkanes) is 6. The molecule has 0 radical (unpaired) electrons. The first-order chi connectivity index (χ1) is 9.36. The summed E-state index contributed by atoms with van der Waals surface area (Å²) < 4.78 is 0. The molecule has 0 amide bonds. The van der Waals surface area contributed by atoms with E-state index in [1.807, 2.05) is 0 Å². The molecule has 0 atom stereocenters. The van der Waals surface area contributed by atoms with Crippen molar-refractivity contribution in [3.63, 3.8) is 0 Å². The van der Waals surface area contributed by atoms with Crippen LogP contribution < -0.4 is 5.32 Å². The molecule has 0 aliphatic rings. The van der Waals surface area contributed by atoms with Gasteiger partial charge in [-0.3, -0.25) is 0 Å². The van der Waals surface area contributed by atoms with Crippen LogP contribution >= 0.6 is 0 Å². The maximum atomic E-state index is 3.54. The minimum atomic E-state index is 1.01. The molecule has 0 aromatic heterocycles. The van der Waals surface area contributed by atoms with E-state index in [0.29, 0.717) is 0 Å². The molecule has 0 unspecified atom stereocenters. The summed E-state index contributed by atoms with van der Waals surface area (Å²) in [6.45, 7) is 6.65. The molecular weight excluding hydrogens is 230 g/mol. The first-order valence-electron chi connectivity index (χ1n) is 8.15. The highest BCUT2D eigenvalue weighted by Gasteiger charge is 1.94. The molecule has 0 saturated heterocycles. The Kier molecular flexibility index (Phi) is 9.44. The van der Waals surface area contributed by atoms with Gasteiger partial charge in [-0.15, -0.1) is 0 Å². The van der Waals surface area contributed by atoms with Crippen LogP contribution in [-0.4, -0.2) is 6.54 Å². The van der Waals surface area contributed by atoms with Crippen LogP contribution in [0, 0.1) is 0 Å². The Morgan fingerprint density at radius 3 is 1.95 bits per heavy atom. The summed E-state index contributed by atoms with van der Waals surface area (Å²) in [7, 11) is 0. The number of benzene rings is 1. The lowest BCUT2D eigenvalue weighted by atomic mass is 10.1. The standard InChI is InChI=1S/C18H31N/c1-3-5-6-7-8-9-10-15-19-16-18-13-11-17(4-2)12-14-18/h11-14,19H,3-10,15-16H2,1-2H3. The Bertz CT molecular complexity index is 302. The quantitative estimate of drug-likeness (QED) is 0.547. The van der Waals surface area contributed by atoms with Crippen molar-refractivity contribution in [1.29, 1.82) is 0 Å². The van der Waals surface area contributed by atoms with E-state index in [9.17, 15) is 0 Å². The summed E-state index contributed by atoms with van der Waals surface area (Å²) >= 11 is 0. The van der Waals surface area contributed by atoms with Crippen molar-refractivity contribution in [3.8, 4) is 0 Å². The lowest BCUT2D eigenvalue weighted by molar-refractivity contribution is 0.562. The monoisotopic (exact) mass is 261 g/mol. The number of hydrogen-bond acceptors (Lipinski definition) is 1. The van der Waals surface area contributed by atoms with Crippen molar-refractivity contribution in [3.05, 3.63) is 35.4 Å². The largest absolute Gasteiger partial charge is 0.313 e. The van der Waals surface area contributed by atoms with Gasteiger partial charge in [0, 0.05) is 6.54 Å². The second kappa shape index (κ2) is 11.0. The molecule has 1 aromatic carbocycles. The topological polar surface area (TPSA) is 12.0 Å². The van der Waals surface area contributed by atoms with Gasteiger partial charge in [-0.1, -0.05) is 76.6 Å². The Labute approximate surface area is 119 Å². The van der Waals surface area contributed by atoms with Gasteiger partial charge in [0.25, 0.3) is 0 Å². The predicted molar refractivity (Wildman–Crippen MR) is 85.5 cm³/mol. The zero-order valence-electron chi connectivity index (χ0n) is 12.9. The van der Waals surface area contributed by atoms with Crippen molar-refractivity contribution in [2.45, 2.75) is 71.8 Å². The number of aryl methyl sites for hydroxylation is 1. The minimum absolute atomic E-state index is 1.01.